The van der Waals surface area contributed by atoms with Gasteiger partial charge in [-0.05, 0) is 56.5 Å². The van der Waals surface area contributed by atoms with Crippen molar-refractivity contribution in [3.8, 4) is 11.3 Å². The number of fused-ring (bicyclic) bond motifs is 1. The van der Waals surface area contributed by atoms with Crippen LogP contribution < -0.4 is 25.9 Å². The average Bonchev–Trinajstić information content (AvgIpc) is 3.72. The lowest BCUT2D eigenvalue weighted by Crippen LogP contribution is -2.30. The Balaban J connectivity index is 1.82. The molecule has 38 heavy (non-hydrogen) atoms. The van der Waals surface area contributed by atoms with Crippen LogP contribution in [0, 0.1) is 19.7 Å². The van der Waals surface area contributed by atoms with Crippen molar-refractivity contribution in [2.24, 2.45) is 7.05 Å². The molecule has 2 aromatic carbocycles. The Labute approximate surface area is 218 Å². The summed E-state index contributed by atoms with van der Waals surface area (Å²) in [6.07, 6.45) is 1.56. The second kappa shape index (κ2) is 9.37. The maximum atomic E-state index is 14.8. The molecule has 5 rings (SSSR count). The monoisotopic (exact) mass is 538 g/mol. The minimum atomic E-state index is -3.78. The number of aryl methyl sites for hydroxylation is 2. The number of benzene rings is 2. The Kier molecular flexibility index (Phi) is 6.32. The zero-order valence-corrected chi connectivity index (χ0v) is 22.1. The first-order valence-corrected chi connectivity index (χ1v) is 13.5. The number of anilines is 3. The third kappa shape index (κ3) is 4.56. The van der Waals surface area contributed by atoms with Gasteiger partial charge < -0.3 is 9.88 Å². The summed E-state index contributed by atoms with van der Waals surface area (Å²) < 4.78 is 46.3. The van der Waals surface area contributed by atoms with Crippen molar-refractivity contribution in [2.45, 2.75) is 32.7 Å². The van der Waals surface area contributed by atoms with E-state index in [0.29, 0.717) is 11.3 Å². The summed E-state index contributed by atoms with van der Waals surface area (Å²) in [5.74, 6) is -0.514. The Morgan fingerprint density at radius 3 is 2.45 bits per heavy atom. The molecule has 0 spiro atoms. The molecule has 1 aliphatic rings. The van der Waals surface area contributed by atoms with E-state index < -0.39 is 21.6 Å². The third-order valence-corrected chi connectivity index (χ3v) is 7.65. The highest BCUT2D eigenvalue weighted by Crippen LogP contribution is 2.37. The summed E-state index contributed by atoms with van der Waals surface area (Å²) in [4.78, 5) is 27.1. The van der Waals surface area contributed by atoms with Crippen LogP contribution in [0.2, 0.25) is 0 Å². The largest absolute Gasteiger partial charge is 0.352 e. The maximum Gasteiger partial charge on any atom is 0.298 e. The fourth-order valence-corrected chi connectivity index (χ4v) is 4.98. The predicted molar refractivity (Wildman–Crippen MR) is 146 cm³/mol. The molecule has 0 unspecified atom stereocenters. The maximum absolute atomic E-state index is 14.8. The molecule has 0 saturated heterocycles. The molecule has 1 saturated carbocycles. The van der Waals surface area contributed by atoms with Crippen LogP contribution in [0.5, 0.6) is 0 Å². The molecule has 2 heterocycles. The minimum absolute atomic E-state index is 0.0990. The number of hydrogen-bond acceptors (Lipinski definition) is 6. The Morgan fingerprint density at radius 1 is 1.05 bits per heavy atom. The Hall–Kier alpha value is -4.03. The molecule has 2 aromatic heterocycles. The van der Waals surface area contributed by atoms with E-state index in [9.17, 15) is 22.4 Å². The summed E-state index contributed by atoms with van der Waals surface area (Å²) in [6.45, 7) is 3.35. The highest BCUT2D eigenvalue weighted by Gasteiger charge is 2.30. The summed E-state index contributed by atoms with van der Waals surface area (Å²) in [5.41, 5.74) is 1.89. The van der Waals surface area contributed by atoms with Gasteiger partial charge in [0.1, 0.15) is 11.5 Å². The van der Waals surface area contributed by atoms with E-state index >= 15 is 0 Å². The van der Waals surface area contributed by atoms with Crippen LogP contribution in [0.25, 0.3) is 22.2 Å². The van der Waals surface area contributed by atoms with Gasteiger partial charge in [-0.15, -0.1) is 0 Å². The standard InChI is InChI=1S/C26H27FN6O4S/c1-14-8-11-20(19(27)12-14)29-22-15(2)25(34)32(4)24-21(22)26(35)33(18-9-10-18)30-23(24)16-6-5-7-17(13-16)31-38(36,37)28-3/h5-8,11-13,18,28-29,31H,9-10H2,1-4H3. The topological polar surface area (TPSA) is 127 Å². The first-order chi connectivity index (χ1) is 18.0. The third-order valence-electron chi connectivity index (χ3n) is 6.61. The zero-order valence-electron chi connectivity index (χ0n) is 21.3. The van der Waals surface area contributed by atoms with Crippen molar-refractivity contribution in [2.75, 3.05) is 17.1 Å². The lowest BCUT2D eigenvalue weighted by molar-refractivity contribution is 0.593. The normalized spacial score (nSPS) is 13.6. The highest BCUT2D eigenvalue weighted by molar-refractivity contribution is 7.90. The lowest BCUT2D eigenvalue weighted by atomic mass is 10.0. The smallest absolute Gasteiger partial charge is 0.298 e. The molecule has 0 aliphatic heterocycles. The van der Waals surface area contributed by atoms with Gasteiger partial charge in [-0.3, -0.25) is 14.3 Å². The van der Waals surface area contributed by atoms with E-state index in [0.717, 1.165) is 18.4 Å². The zero-order chi connectivity index (χ0) is 27.4. The molecule has 1 fully saturated rings. The van der Waals surface area contributed by atoms with Gasteiger partial charge in [0, 0.05) is 25.2 Å². The fraction of sp³-hybridized carbons (Fsp3) is 0.269. The average molecular weight is 539 g/mol. The van der Waals surface area contributed by atoms with Gasteiger partial charge in [0.2, 0.25) is 0 Å². The van der Waals surface area contributed by atoms with Crippen LogP contribution in [-0.4, -0.2) is 29.8 Å². The van der Waals surface area contributed by atoms with Crippen LogP contribution in [0.3, 0.4) is 0 Å². The molecule has 3 N–H and O–H groups in total. The van der Waals surface area contributed by atoms with Crippen molar-refractivity contribution in [3.05, 3.63) is 80.1 Å². The van der Waals surface area contributed by atoms with Gasteiger partial charge in [0.15, 0.2) is 0 Å². The van der Waals surface area contributed by atoms with Crippen LogP contribution in [0.15, 0.2) is 52.1 Å². The Bertz CT molecular complexity index is 1830. The van der Waals surface area contributed by atoms with Crippen molar-refractivity contribution in [3.63, 3.8) is 0 Å². The van der Waals surface area contributed by atoms with Gasteiger partial charge in [-0.1, -0.05) is 18.2 Å². The van der Waals surface area contributed by atoms with E-state index in [2.05, 4.69) is 19.9 Å². The van der Waals surface area contributed by atoms with Gasteiger partial charge in [-0.2, -0.15) is 13.5 Å². The molecule has 4 aromatic rings. The lowest BCUT2D eigenvalue weighted by Gasteiger charge is -2.19. The van der Waals surface area contributed by atoms with E-state index in [1.165, 1.54) is 22.4 Å². The van der Waals surface area contributed by atoms with Crippen molar-refractivity contribution < 1.29 is 12.8 Å². The number of hydrogen-bond donors (Lipinski definition) is 3. The molecule has 0 amide bonds. The first kappa shape index (κ1) is 25.6. The molecule has 12 heteroatoms. The predicted octanol–water partition coefficient (Wildman–Crippen LogP) is 3.47. The fourth-order valence-electron chi connectivity index (χ4n) is 4.44. The number of rotatable bonds is 7. The van der Waals surface area contributed by atoms with E-state index in [1.54, 1.807) is 57.3 Å². The van der Waals surface area contributed by atoms with Crippen LogP contribution >= 0.6 is 0 Å². The van der Waals surface area contributed by atoms with E-state index in [1.807, 2.05) is 0 Å². The number of nitrogens with zero attached hydrogens (tertiary/aromatic N) is 3. The minimum Gasteiger partial charge on any atom is -0.352 e. The first-order valence-electron chi connectivity index (χ1n) is 12.0. The van der Waals surface area contributed by atoms with Crippen molar-refractivity contribution in [1.82, 2.24) is 19.1 Å². The molecule has 1 aliphatic carbocycles. The summed E-state index contributed by atoms with van der Waals surface area (Å²) >= 11 is 0. The van der Waals surface area contributed by atoms with Crippen LogP contribution in [-0.2, 0) is 17.3 Å². The van der Waals surface area contributed by atoms with E-state index in [-0.39, 0.29) is 45.1 Å². The quantitative estimate of drug-likeness (QED) is 0.331. The van der Waals surface area contributed by atoms with Crippen LogP contribution in [0.4, 0.5) is 21.5 Å². The summed E-state index contributed by atoms with van der Waals surface area (Å²) in [5, 5.41) is 7.85. The molecule has 0 bridgehead atoms. The molecular formula is C26H27FN6O4S. The Morgan fingerprint density at radius 2 is 1.79 bits per heavy atom. The number of aromatic nitrogens is 3. The molecule has 0 atom stereocenters. The number of halogens is 1. The summed E-state index contributed by atoms with van der Waals surface area (Å²) in [7, 11) is -0.941. The summed E-state index contributed by atoms with van der Waals surface area (Å²) in [6, 6.07) is 11.1. The molecule has 10 nitrogen and oxygen atoms in total. The molecular weight excluding hydrogens is 511 g/mol. The van der Waals surface area contributed by atoms with E-state index in [4.69, 9.17) is 0 Å². The number of pyridine rings is 1. The second-order valence-electron chi connectivity index (χ2n) is 9.42. The van der Waals surface area contributed by atoms with Gasteiger partial charge in [0.05, 0.1) is 34.0 Å². The number of nitrogens with one attached hydrogen (secondary N) is 3. The molecule has 0 radical (unpaired) electrons. The molecule has 198 valence electrons. The van der Waals surface area contributed by atoms with Gasteiger partial charge >= 0.3 is 0 Å². The van der Waals surface area contributed by atoms with Gasteiger partial charge in [0.25, 0.3) is 21.3 Å². The van der Waals surface area contributed by atoms with Crippen LogP contribution in [0.1, 0.15) is 30.0 Å². The highest BCUT2D eigenvalue weighted by atomic mass is 32.2. The second-order valence-corrected chi connectivity index (χ2v) is 11.0. The van der Waals surface area contributed by atoms with Crippen molar-refractivity contribution in [1.29, 1.82) is 0 Å². The SMILES string of the molecule is CNS(=O)(=O)Nc1cccc(-c2nn(C3CC3)c(=O)c3c(Nc4ccc(C)cc4F)c(C)c(=O)n(C)c23)c1. The van der Waals surface area contributed by atoms with Gasteiger partial charge in [-0.25, -0.2) is 13.8 Å². The van der Waals surface area contributed by atoms with Crippen molar-refractivity contribution >= 4 is 38.2 Å².